The summed E-state index contributed by atoms with van der Waals surface area (Å²) in [5, 5.41) is 0. The van der Waals surface area contributed by atoms with Crippen molar-refractivity contribution >= 4 is 12.4 Å². The van der Waals surface area contributed by atoms with E-state index >= 15 is 0 Å². The second-order valence-electron chi connectivity index (χ2n) is 3.20. The molecule has 3 nitrogen and oxygen atoms in total. The van der Waals surface area contributed by atoms with E-state index in [1.54, 1.807) is 6.20 Å². The Morgan fingerprint density at radius 1 is 1.54 bits per heavy atom. The molecule has 0 aliphatic carbocycles. The molecule has 0 aromatic carbocycles. The van der Waals surface area contributed by atoms with Gasteiger partial charge in [-0.15, -0.1) is 12.4 Å². The molecule has 2 N–H and O–H groups in total. The summed E-state index contributed by atoms with van der Waals surface area (Å²) < 4.78 is 5.26. The lowest BCUT2D eigenvalue weighted by Gasteiger charge is -2.21. The first kappa shape index (κ1) is 10.4. The minimum absolute atomic E-state index is 0. The Morgan fingerprint density at radius 2 is 2.38 bits per heavy atom. The SMILES string of the molecule is Cl.NC1(c2cccnc2)CCOC1. The molecule has 13 heavy (non-hydrogen) atoms. The average Bonchev–Trinajstić information content (AvgIpc) is 2.55. The minimum Gasteiger partial charge on any atom is -0.379 e. The van der Waals surface area contributed by atoms with Gasteiger partial charge in [-0.2, -0.15) is 0 Å². The average molecular weight is 201 g/mol. The Hall–Kier alpha value is -0.640. The zero-order valence-electron chi connectivity index (χ0n) is 7.27. The van der Waals surface area contributed by atoms with Gasteiger partial charge in [-0.3, -0.25) is 4.98 Å². The largest absolute Gasteiger partial charge is 0.379 e. The van der Waals surface area contributed by atoms with Crippen LogP contribution < -0.4 is 5.73 Å². The lowest BCUT2D eigenvalue weighted by atomic mass is 9.92. The summed E-state index contributed by atoms with van der Waals surface area (Å²) >= 11 is 0. The molecule has 1 aliphatic heterocycles. The summed E-state index contributed by atoms with van der Waals surface area (Å²) in [5.74, 6) is 0. The highest BCUT2D eigenvalue weighted by molar-refractivity contribution is 5.85. The first-order valence-corrected chi connectivity index (χ1v) is 4.08. The van der Waals surface area contributed by atoms with Crippen LogP contribution >= 0.6 is 12.4 Å². The van der Waals surface area contributed by atoms with E-state index in [-0.39, 0.29) is 17.9 Å². The Balaban J connectivity index is 0.000000845. The van der Waals surface area contributed by atoms with Crippen LogP contribution in [0.25, 0.3) is 0 Å². The lowest BCUT2D eigenvalue weighted by Crippen LogP contribution is -2.36. The molecular weight excluding hydrogens is 188 g/mol. The quantitative estimate of drug-likeness (QED) is 0.738. The molecule has 0 saturated carbocycles. The number of nitrogens with zero attached hydrogens (tertiary/aromatic N) is 1. The van der Waals surface area contributed by atoms with Crippen LogP contribution in [0.4, 0.5) is 0 Å². The molecule has 1 aromatic heterocycles. The smallest absolute Gasteiger partial charge is 0.0689 e. The van der Waals surface area contributed by atoms with Crippen LogP contribution in [0.1, 0.15) is 12.0 Å². The van der Waals surface area contributed by atoms with Gasteiger partial charge in [0.15, 0.2) is 0 Å². The predicted octanol–water partition coefficient (Wildman–Crippen LogP) is 1.08. The maximum Gasteiger partial charge on any atom is 0.0689 e. The summed E-state index contributed by atoms with van der Waals surface area (Å²) in [6.07, 6.45) is 4.45. The fourth-order valence-electron chi connectivity index (χ4n) is 1.47. The Labute approximate surface area is 83.7 Å². The molecule has 1 saturated heterocycles. The topological polar surface area (TPSA) is 48.1 Å². The molecule has 2 heterocycles. The van der Waals surface area contributed by atoms with Crippen molar-refractivity contribution in [1.29, 1.82) is 0 Å². The molecule has 0 bridgehead atoms. The minimum atomic E-state index is -0.297. The van der Waals surface area contributed by atoms with E-state index in [9.17, 15) is 0 Å². The third-order valence-corrected chi connectivity index (χ3v) is 2.29. The molecule has 72 valence electrons. The molecular formula is C9H13ClN2O. The molecule has 1 aromatic rings. The molecule has 1 fully saturated rings. The number of halogens is 1. The third-order valence-electron chi connectivity index (χ3n) is 2.29. The van der Waals surface area contributed by atoms with Gasteiger partial charge in [0, 0.05) is 19.0 Å². The van der Waals surface area contributed by atoms with Crippen molar-refractivity contribution in [2.24, 2.45) is 5.73 Å². The number of aromatic nitrogens is 1. The van der Waals surface area contributed by atoms with Gasteiger partial charge in [-0.05, 0) is 18.1 Å². The first-order valence-electron chi connectivity index (χ1n) is 4.08. The fourth-order valence-corrected chi connectivity index (χ4v) is 1.47. The monoisotopic (exact) mass is 200 g/mol. The van der Waals surface area contributed by atoms with Crippen LogP contribution in [-0.2, 0) is 10.3 Å². The van der Waals surface area contributed by atoms with Gasteiger partial charge in [0.2, 0.25) is 0 Å². The summed E-state index contributed by atoms with van der Waals surface area (Å²) in [5.41, 5.74) is 6.89. The Morgan fingerprint density at radius 3 is 2.92 bits per heavy atom. The van der Waals surface area contributed by atoms with Gasteiger partial charge in [-0.25, -0.2) is 0 Å². The van der Waals surface area contributed by atoms with Crippen molar-refractivity contribution in [2.75, 3.05) is 13.2 Å². The molecule has 1 unspecified atom stereocenters. The lowest BCUT2D eigenvalue weighted by molar-refractivity contribution is 0.178. The highest BCUT2D eigenvalue weighted by Gasteiger charge is 2.32. The number of hydrogen-bond donors (Lipinski definition) is 1. The van der Waals surface area contributed by atoms with E-state index in [0.29, 0.717) is 6.61 Å². The zero-order chi connectivity index (χ0) is 8.44. The first-order chi connectivity index (χ1) is 5.81. The van der Waals surface area contributed by atoms with Crippen LogP contribution in [0, 0.1) is 0 Å². The number of hydrogen-bond acceptors (Lipinski definition) is 3. The summed E-state index contributed by atoms with van der Waals surface area (Å²) in [4.78, 5) is 4.04. The highest BCUT2D eigenvalue weighted by Crippen LogP contribution is 2.26. The van der Waals surface area contributed by atoms with Crippen LogP contribution in [0.15, 0.2) is 24.5 Å². The van der Waals surface area contributed by atoms with E-state index in [1.165, 1.54) is 0 Å². The van der Waals surface area contributed by atoms with E-state index < -0.39 is 0 Å². The summed E-state index contributed by atoms with van der Waals surface area (Å²) in [6.45, 7) is 1.37. The van der Waals surface area contributed by atoms with Gasteiger partial charge in [0.05, 0.1) is 12.1 Å². The molecule has 4 heteroatoms. The Kier molecular flexibility index (Phi) is 3.25. The Bertz CT molecular complexity index is 260. The maximum absolute atomic E-state index is 6.12. The van der Waals surface area contributed by atoms with Crippen LogP contribution in [0.2, 0.25) is 0 Å². The van der Waals surface area contributed by atoms with Gasteiger partial charge in [0.1, 0.15) is 0 Å². The molecule has 0 amide bonds. The number of ether oxygens (including phenoxy) is 1. The molecule has 0 radical (unpaired) electrons. The van der Waals surface area contributed by atoms with Gasteiger partial charge in [-0.1, -0.05) is 6.07 Å². The third kappa shape index (κ3) is 1.99. The van der Waals surface area contributed by atoms with Crippen LogP contribution in [0.3, 0.4) is 0 Å². The van der Waals surface area contributed by atoms with Crippen molar-refractivity contribution < 1.29 is 4.74 Å². The number of nitrogens with two attached hydrogens (primary N) is 1. The summed E-state index contributed by atoms with van der Waals surface area (Å²) in [7, 11) is 0. The molecule has 1 atom stereocenters. The van der Waals surface area contributed by atoms with E-state index in [1.807, 2.05) is 18.3 Å². The normalized spacial score (nSPS) is 26.8. The van der Waals surface area contributed by atoms with Gasteiger partial charge in [0.25, 0.3) is 0 Å². The standard InChI is InChI=1S/C9H12N2O.ClH/c10-9(3-5-12-7-9)8-2-1-4-11-6-8;/h1-2,4,6H,3,5,7,10H2;1H. The van der Waals surface area contributed by atoms with Crippen molar-refractivity contribution in [3.8, 4) is 0 Å². The molecule has 1 aliphatic rings. The number of rotatable bonds is 1. The second kappa shape index (κ2) is 4.05. The van der Waals surface area contributed by atoms with Crippen molar-refractivity contribution in [3.05, 3.63) is 30.1 Å². The molecule has 0 spiro atoms. The number of pyridine rings is 1. The second-order valence-corrected chi connectivity index (χ2v) is 3.20. The zero-order valence-corrected chi connectivity index (χ0v) is 8.09. The fraction of sp³-hybridized carbons (Fsp3) is 0.444. The molecule has 2 rings (SSSR count). The van der Waals surface area contributed by atoms with Crippen LogP contribution in [0.5, 0.6) is 0 Å². The van der Waals surface area contributed by atoms with E-state index in [4.69, 9.17) is 10.5 Å². The highest BCUT2D eigenvalue weighted by atomic mass is 35.5. The maximum atomic E-state index is 6.12. The van der Waals surface area contributed by atoms with Gasteiger partial charge < -0.3 is 10.5 Å². The van der Waals surface area contributed by atoms with Crippen molar-refractivity contribution in [2.45, 2.75) is 12.0 Å². The van der Waals surface area contributed by atoms with Gasteiger partial charge >= 0.3 is 0 Å². The summed E-state index contributed by atoms with van der Waals surface area (Å²) in [6, 6.07) is 3.91. The van der Waals surface area contributed by atoms with Crippen molar-refractivity contribution in [1.82, 2.24) is 4.98 Å². The van der Waals surface area contributed by atoms with Crippen LogP contribution in [-0.4, -0.2) is 18.2 Å². The van der Waals surface area contributed by atoms with Crippen molar-refractivity contribution in [3.63, 3.8) is 0 Å². The van der Waals surface area contributed by atoms with E-state index in [2.05, 4.69) is 4.98 Å². The van der Waals surface area contributed by atoms with E-state index in [0.717, 1.165) is 18.6 Å². The predicted molar refractivity (Wildman–Crippen MR) is 52.8 cm³/mol.